The Morgan fingerprint density at radius 3 is 2.23 bits per heavy atom. The number of nitrogens with zero attached hydrogens (tertiary/aromatic N) is 1. The summed E-state index contributed by atoms with van der Waals surface area (Å²) in [6.07, 6.45) is 0. The van der Waals surface area contributed by atoms with Gasteiger partial charge in [0.15, 0.2) is 0 Å². The molecule has 3 aromatic carbocycles. The molecule has 0 aromatic heterocycles. The van der Waals surface area contributed by atoms with Gasteiger partial charge in [0.05, 0.1) is 33.7 Å². The quantitative estimate of drug-likeness (QED) is 0.316. The van der Waals surface area contributed by atoms with Crippen LogP contribution in [-0.4, -0.2) is 37.8 Å². The molecule has 0 spiro atoms. The van der Waals surface area contributed by atoms with E-state index in [0.717, 1.165) is 8.78 Å². The van der Waals surface area contributed by atoms with E-state index in [4.69, 9.17) is 27.9 Å². The number of hydrogen-bond acceptors (Lipinski definition) is 5. The van der Waals surface area contributed by atoms with Crippen LogP contribution >= 0.6 is 39.1 Å². The van der Waals surface area contributed by atoms with Crippen molar-refractivity contribution in [2.75, 3.05) is 18.5 Å². The first-order chi connectivity index (χ1) is 16.6. The lowest BCUT2D eigenvalue weighted by molar-refractivity contribution is -0.116. The molecule has 35 heavy (non-hydrogen) atoms. The van der Waals surface area contributed by atoms with Crippen LogP contribution in [0.2, 0.25) is 10.0 Å². The van der Waals surface area contributed by atoms with Gasteiger partial charge in [0.1, 0.15) is 0 Å². The first kappa shape index (κ1) is 27.2. The highest BCUT2D eigenvalue weighted by Crippen LogP contribution is 2.26. The van der Waals surface area contributed by atoms with E-state index in [9.17, 15) is 18.0 Å². The van der Waals surface area contributed by atoms with Gasteiger partial charge in [0, 0.05) is 16.7 Å². The van der Waals surface area contributed by atoms with Crippen molar-refractivity contribution in [3.05, 3.63) is 92.4 Å². The SMILES string of the molecule is CCOC(=O)c1ccc(NC(=O)CN(Cc2ccc(Cl)c(Cl)c2)S(=O)(=O)c2ccc(Br)cc2)cc1. The topological polar surface area (TPSA) is 92.8 Å². The fraction of sp³-hybridized carbons (Fsp3) is 0.167. The molecular weight excluding hydrogens is 579 g/mol. The van der Waals surface area contributed by atoms with Crippen LogP contribution in [0.5, 0.6) is 0 Å². The van der Waals surface area contributed by atoms with Gasteiger partial charge in [-0.1, -0.05) is 45.2 Å². The molecule has 0 aliphatic rings. The van der Waals surface area contributed by atoms with Gasteiger partial charge in [-0.15, -0.1) is 0 Å². The lowest BCUT2D eigenvalue weighted by Crippen LogP contribution is -2.37. The summed E-state index contributed by atoms with van der Waals surface area (Å²) in [5.41, 5.74) is 1.30. The van der Waals surface area contributed by atoms with E-state index in [-0.39, 0.29) is 23.1 Å². The first-order valence-electron chi connectivity index (χ1n) is 10.4. The number of nitrogens with one attached hydrogen (secondary N) is 1. The zero-order valence-electron chi connectivity index (χ0n) is 18.5. The summed E-state index contributed by atoms with van der Waals surface area (Å²) in [6, 6.07) is 17.0. The highest BCUT2D eigenvalue weighted by molar-refractivity contribution is 9.10. The molecular formula is C24H21BrCl2N2O5S. The molecule has 3 aromatic rings. The number of hydrogen-bond donors (Lipinski definition) is 1. The van der Waals surface area contributed by atoms with Gasteiger partial charge in [-0.3, -0.25) is 4.79 Å². The first-order valence-corrected chi connectivity index (χ1v) is 13.4. The Balaban J connectivity index is 1.83. The molecule has 3 rings (SSSR count). The average Bonchev–Trinajstić information content (AvgIpc) is 2.82. The number of benzene rings is 3. The standard InChI is InChI=1S/C24H21BrCl2N2O5S/c1-2-34-24(31)17-4-8-19(9-5-17)28-23(30)15-29(14-16-3-12-21(26)22(27)13-16)35(32,33)20-10-6-18(25)7-11-20/h3-13H,2,14-15H2,1H3,(H,28,30). The van der Waals surface area contributed by atoms with Crippen LogP contribution in [0.25, 0.3) is 0 Å². The molecule has 0 aliphatic heterocycles. The van der Waals surface area contributed by atoms with Crippen molar-refractivity contribution in [1.29, 1.82) is 0 Å². The predicted molar refractivity (Wildman–Crippen MR) is 139 cm³/mol. The van der Waals surface area contributed by atoms with Crippen LogP contribution in [0.4, 0.5) is 5.69 Å². The van der Waals surface area contributed by atoms with Crippen LogP contribution in [0, 0.1) is 0 Å². The molecule has 7 nitrogen and oxygen atoms in total. The number of carbonyl (C=O) groups excluding carboxylic acids is 2. The highest BCUT2D eigenvalue weighted by Gasteiger charge is 2.27. The Morgan fingerprint density at radius 1 is 0.971 bits per heavy atom. The van der Waals surface area contributed by atoms with Gasteiger partial charge in [-0.25, -0.2) is 13.2 Å². The second-order valence-corrected chi connectivity index (χ2v) is 11.0. The monoisotopic (exact) mass is 598 g/mol. The third-order valence-corrected chi connectivity index (χ3v) is 7.87. The van der Waals surface area contributed by atoms with E-state index >= 15 is 0 Å². The third kappa shape index (κ3) is 7.28. The average molecular weight is 600 g/mol. The van der Waals surface area contributed by atoms with Gasteiger partial charge in [-0.05, 0) is 73.2 Å². The number of esters is 1. The van der Waals surface area contributed by atoms with Crippen molar-refractivity contribution in [1.82, 2.24) is 4.31 Å². The molecule has 0 saturated heterocycles. The molecule has 0 unspecified atom stereocenters. The predicted octanol–water partition coefficient (Wildman–Crippen LogP) is 5.76. The molecule has 1 amide bonds. The van der Waals surface area contributed by atoms with E-state index in [2.05, 4.69) is 21.2 Å². The molecule has 1 N–H and O–H groups in total. The van der Waals surface area contributed by atoms with Crippen LogP contribution < -0.4 is 5.32 Å². The van der Waals surface area contributed by atoms with E-state index < -0.39 is 28.4 Å². The van der Waals surface area contributed by atoms with Crippen molar-refractivity contribution in [2.45, 2.75) is 18.4 Å². The second-order valence-electron chi connectivity index (χ2n) is 7.32. The number of sulfonamides is 1. The number of amides is 1. The van der Waals surface area contributed by atoms with Crippen molar-refractivity contribution in [2.24, 2.45) is 0 Å². The Hall–Kier alpha value is -2.43. The molecule has 11 heteroatoms. The summed E-state index contributed by atoms with van der Waals surface area (Å²) in [7, 11) is -4.04. The number of anilines is 1. The lowest BCUT2D eigenvalue weighted by atomic mass is 10.2. The van der Waals surface area contributed by atoms with Gasteiger partial charge < -0.3 is 10.1 Å². The summed E-state index contributed by atoms with van der Waals surface area (Å²) >= 11 is 15.4. The Labute approximate surface area is 222 Å². The van der Waals surface area contributed by atoms with Crippen molar-refractivity contribution in [3.63, 3.8) is 0 Å². The van der Waals surface area contributed by atoms with Gasteiger partial charge in [0.2, 0.25) is 15.9 Å². The number of ether oxygens (including phenoxy) is 1. The molecule has 0 heterocycles. The summed E-state index contributed by atoms with van der Waals surface area (Å²) in [6.45, 7) is 1.39. The molecule has 0 bridgehead atoms. The largest absolute Gasteiger partial charge is 0.462 e. The van der Waals surface area contributed by atoms with Crippen LogP contribution in [0.1, 0.15) is 22.8 Å². The molecule has 0 radical (unpaired) electrons. The minimum Gasteiger partial charge on any atom is -0.462 e. The van der Waals surface area contributed by atoms with Crippen molar-refractivity contribution in [3.8, 4) is 0 Å². The summed E-state index contributed by atoms with van der Waals surface area (Å²) in [5.74, 6) is -1.03. The third-order valence-electron chi connectivity index (χ3n) is 4.79. The molecule has 184 valence electrons. The van der Waals surface area contributed by atoms with Crippen LogP contribution in [-0.2, 0) is 26.1 Å². The Bertz CT molecular complexity index is 1320. The smallest absolute Gasteiger partial charge is 0.338 e. The Morgan fingerprint density at radius 2 is 1.63 bits per heavy atom. The lowest BCUT2D eigenvalue weighted by Gasteiger charge is -2.22. The zero-order chi connectivity index (χ0) is 25.6. The van der Waals surface area contributed by atoms with E-state index in [0.29, 0.717) is 21.8 Å². The maximum Gasteiger partial charge on any atom is 0.338 e. The van der Waals surface area contributed by atoms with Crippen molar-refractivity contribution < 1.29 is 22.7 Å². The van der Waals surface area contributed by atoms with Gasteiger partial charge in [-0.2, -0.15) is 4.31 Å². The normalized spacial score (nSPS) is 11.3. The zero-order valence-corrected chi connectivity index (χ0v) is 22.4. The molecule has 0 fully saturated rings. The maximum absolute atomic E-state index is 13.4. The maximum atomic E-state index is 13.4. The summed E-state index contributed by atoms with van der Waals surface area (Å²) in [4.78, 5) is 24.7. The second kappa shape index (κ2) is 12.0. The minimum atomic E-state index is -4.04. The van der Waals surface area contributed by atoms with Gasteiger partial charge >= 0.3 is 5.97 Å². The van der Waals surface area contributed by atoms with E-state index in [1.807, 2.05) is 0 Å². The van der Waals surface area contributed by atoms with Crippen LogP contribution in [0.3, 0.4) is 0 Å². The summed E-state index contributed by atoms with van der Waals surface area (Å²) in [5, 5.41) is 3.27. The number of carbonyl (C=O) groups is 2. The van der Waals surface area contributed by atoms with Crippen molar-refractivity contribution >= 4 is 66.7 Å². The fourth-order valence-corrected chi connectivity index (χ4v) is 5.06. The minimum absolute atomic E-state index is 0.0346. The number of rotatable bonds is 9. The molecule has 0 atom stereocenters. The summed E-state index contributed by atoms with van der Waals surface area (Å²) < 4.78 is 33.5. The van der Waals surface area contributed by atoms with Crippen LogP contribution in [0.15, 0.2) is 76.1 Å². The van der Waals surface area contributed by atoms with E-state index in [1.165, 1.54) is 36.4 Å². The Kier molecular flexibility index (Phi) is 9.32. The number of halogens is 3. The molecule has 0 aliphatic carbocycles. The van der Waals surface area contributed by atoms with Gasteiger partial charge in [0.25, 0.3) is 0 Å². The van der Waals surface area contributed by atoms with E-state index in [1.54, 1.807) is 37.3 Å². The highest BCUT2D eigenvalue weighted by atomic mass is 79.9. The fourth-order valence-electron chi connectivity index (χ4n) is 3.09. The molecule has 0 saturated carbocycles.